The van der Waals surface area contributed by atoms with E-state index in [1.807, 2.05) is 42.1 Å². The number of carbonyl (C=O) groups is 1. The number of aldehydes is 1. The van der Waals surface area contributed by atoms with Gasteiger partial charge in [-0.3, -0.25) is 4.79 Å². The molecule has 1 aromatic carbocycles. The molecule has 0 saturated carbocycles. The maximum Gasteiger partial charge on any atom is 0.168 e. The Balaban J connectivity index is 2.35. The third kappa shape index (κ3) is 1.38. The quantitative estimate of drug-likeness (QED) is 0.681. The van der Waals surface area contributed by atoms with Crippen molar-refractivity contribution in [1.29, 1.82) is 0 Å². The van der Waals surface area contributed by atoms with E-state index in [9.17, 15) is 4.79 Å². The number of imidazole rings is 1. The fourth-order valence-electron chi connectivity index (χ4n) is 2.14. The molecule has 0 amide bonds. The highest BCUT2D eigenvalue weighted by molar-refractivity contribution is 5.98. The molecule has 84 valence electrons. The van der Waals surface area contributed by atoms with Crippen LogP contribution in [-0.4, -0.2) is 20.8 Å². The van der Waals surface area contributed by atoms with Gasteiger partial charge in [0.2, 0.25) is 0 Å². The molecule has 0 spiro atoms. The number of carbonyl (C=O) groups excluding carboxylic acids is 1. The van der Waals surface area contributed by atoms with Crippen LogP contribution >= 0.6 is 0 Å². The summed E-state index contributed by atoms with van der Waals surface area (Å²) in [5.41, 5.74) is 3.33. The maximum absolute atomic E-state index is 10.9. The van der Waals surface area contributed by atoms with Crippen LogP contribution in [0.4, 0.5) is 0 Å². The lowest BCUT2D eigenvalue weighted by Gasteiger charge is -1.95. The molecule has 0 atom stereocenters. The zero-order chi connectivity index (χ0) is 11.8. The molecule has 2 aromatic heterocycles. The summed E-state index contributed by atoms with van der Waals surface area (Å²) in [5.74, 6) is 0. The number of aromatic nitrogens is 3. The summed E-state index contributed by atoms with van der Waals surface area (Å²) in [6, 6.07) is 8.07. The first-order valence-corrected chi connectivity index (χ1v) is 5.34. The van der Waals surface area contributed by atoms with Crippen LogP contribution in [0.5, 0.6) is 0 Å². The average Bonchev–Trinajstić information content (AvgIpc) is 2.94. The van der Waals surface area contributed by atoms with Gasteiger partial charge < -0.3 is 9.55 Å². The molecule has 17 heavy (non-hydrogen) atoms. The highest BCUT2D eigenvalue weighted by Gasteiger charge is 2.13. The summed E-state index contributed by atoms with van der Waals surface area (Å²) < 4.78 is 2.04. The lowest BCUT2D eigenvalue weighted by Crippen LogP contribution is -1.85. The Morgan fingerprint density at radius 3 is 3.00 bits per heavy atom. The zero-order valence-corrected chi connectivity index (χ0v) is 9.34. The molecule has 0 aliphatic heterocycles. The number of benzene rings is 1. The van der Waals surface area contributed by atoms with E-state index in [0.29, 0.717) is 11.4 Å². The summed E-state index contributed by atoms with van der Waals surface area (Å²) >= 11 is 0. The van der Waals surface area contributed by atoms with Crippen molar-refractivity contribution in [2.24, 2.45) is 7.05 Å². The number of hydrogen-bond donors (Lipinski definition) is 1. The third-order valence-corrected chi connectivity index (χ3v) is 2.94. The van der Waals surface area contributed by atoms with Crippen LogP contribution in [0.2, 0.25) is 0 Å². The summed E-state index contributed by atoms with van der Waals surface area (Å²) in [6.07, 6.45) is 4.33. The number of H-pyrrole nitrogens is 1. The zero-order valence-electron chi connectivity index (χ0n) is 9.34. The van der Waals surface area contributed by atoms with Crippen molar-refractivity contribution in [3.63, 3.8) is 0 Å². The van der Waals surface area contributed by atoms with Crippen molar-refractivity contribution >= 4 is 17.2 Å². The van der Waals surface area contributed by atoms with Gasteiger partial charge in [0.25, 0.3) is 0 Å². The monoisotopic (exact) mass is 225 g/mol. The molecule has 0 aliphatic carbocycles. The fraction of sp³-hybridized carbons (Fsp3) is 0.0769. The summed E-state index contributed by atoms with van der Waals surface area (Å²) in [6.45, 7) is 0. The second kappa shape index (κ2) is 3.59. The maximum atomic E-state index is 10.9. The van der Waals surface area contributed by atoms with Gasteiger partial charge in [0.05, 0.1) is 6.33 Å². The van der Waals surface area contributed by atoms with Crippen LogP contribution in [0.3, 0.4) is 0 Å². The lowest BCUT2D eigenvalue weighted by atomic mass is 10.1. The molecule has 0 aliphatic rings. The van der Waals surface area contributed by atoms with Crippen LogP contribution in [0.15, 0.2) is 36.8 Å². The Labute approximate surface area is 97.9 Å². The molecular formula is C13H11N3O. The number of aryl methyl sites for hydroxylation is 1. The van der Waals surface area contributed by atoms with Crippen molar-refractivity contribution in [3.8, 4) is 11.3 Å². The molecule has 1 N–H and O–H groups in total. The molecule has 0 unspecified atom stereocenters. The van der Waals surface area contributed by atoms with E-state index in [0.717, 1.165) is 22.8 Å². The number of nitrogens with zero attached hydrogens (tertiary/aromatic N) is 2. The van der Waals surface area contributed by atoms with Crippen molar-refractivity contribution in [3.05, 3.63) is 42.5 Å². The van der Waals surface area contributed by atoms with Crippen LogP contribution < -0.4 is 0 Å². The van der Waals surface area contributed by atoms with Crippen molar-refractivity contribution in [1.82, 2.24) is 14.5 Å². The van der Waals surface area contributed by atoms with Crippen molar-refractivity contribution in [2.75, 3.05) is 0 Å². The molecule has 2 heterocycles. The third-order valence-electron chi connectivity index (χ3n) is 2.94. The minimum atomic E-state index is 0.515. The van der Waals surface area contributed by atoms with Crippen LogP contribution in [0.1, 0.15) is 10.5 Å². The van der Waals surface area contributed by atoms with Crippen LogP contribution in [-0.2, 0) is 7.05 Å². The van der Waals surface area contributed by atoms with Crippen molar-refractivity contribution in [2.45, 2.75) is 0 Å². The van der Waals surface area contributed by atoms with E-state index >= 15 is 0 Å². The molecule has 3 aromatic rings. The topological polar surface area (TPSA) is 50.7 Å². The fourth-order valence-corrected chi connectivity index (χ4v) is 2.14. The predicted octanol–water partition coefficient (Wildman–Crippen LogP) is 2.38. The second-order valence-corrected chi connectivity index (χ2v) is 3.95. The minimum Gasteiger partial charge on any atom is -0.350 e. The Kier molecular flexibility index (Phi) is 2.08. The van der Waals surface area contributed by atoms with Crippen molar-refractivity contribution < 1.29 is 4.79 Å². The van der Waals surface area contributed by atoms with Gasteiger partial charge in [-0.1, -0.05) is 18.2 Å². The first kappa shape index (κ1) is 9.84. The first-order valence-electron chi connectivity index (χ1n) is 5.34. The van der Waals surface area contributed by atoms with Crippen LogP contribution in [0, 0.1) is 0 Å². The van der Waals surface area contributed by atoms with E-state index in [2.05, 4.69) is 9.97 Å². The number of aromatic amines is 1. The largest absolute Gasteiger partial charge is 0.350 e. The molecule has 0 saturated heterocycles. The van der Waals surface area contributed by atoms with Gasteiger partial charge >= 0.3 is 0 Å². The van der Waals surface area contributed by atoms with E-state index < -0.39 is 0 Å². The Hall–Kier alpha value is -2.36. The molecule has 4 heteroatoms. The highest BCUT2D eigenvalue weighted by Crippen LogP contribution is 2.29. The van der Waals surface area contributed by atoms with E-state index in [-0.39, 0.29) is 0 Å². The molecule has 0 bridgehead atoms. The van der Waals surface area contributed by atoms with Gasteiger partial charge in [-0.25, -0.2) is 4.98 Å². The summed E-state index contributed by atoms with van der Waals surface area (Å²) in [7, 11) is 1.99. The van der Waals surface area contributed by atoms with Gasteiger partial charge in [-0.2, -0.15) is 0 Å². The molecule has 0 fully saturated rings. The Bertz CT molecular complexity index is 694. The minimum absolute atomic E-state index is 0.515. The van der Waals surface area contributed by atoms with Gasteiger partial charge in [0.1, 0.15) is 11.4 Å². The molecule has 3 rings (SSSR count). The van der Waals surface area contributed by atoms with E-state index in [1.54, 1.807) is 6.33 Å². The molecular weight excluding hydrogens is 214 g/mol. The van der Waals surface area contributed by atoms with Gasteiger partial charge in [-0.15, -0.1) is 0 Å². The number of fused-ring (bicyclic) bond motifs is 1. The smallest absolute Gasteiger partial charge is 0.168 e. The number of para-hydroxylation sites is 1. The molecule has 4 nitrogen and oxygen atoms in total. The lowest BCUT2D eigenvalue weighted by molar-refractivity contribution is 0.112. The van der Waals surface area contributed by atoms with Gasteiger partial charge in [0, 0.05) is 29.7 Å². The highest BCUT2D eigenvalue weighted by atomic mass is 16.1. The Morgan fingerprint density at radius 1 is 1.35 bits per heavy atom. The number of nitrogens with one attached hydrogen (secondary N) is 1. The number of hydrogen-bond acceptors (Lipinski definition) is 2. The first-order chi connectivity index (χ1) is 8.31. The predicted molar refractivity (Wildman–Crippen MR) is 65.9 cm³/mol. The summed E-state index contributed by atoms with van der Waals surface area (Å²) in [4.78, 5) is 18.0. The normalized spacial score (nSPS) is 10.9. The average molecular weight is 225 g/mol. The van der Waals surface area contributed by atoms with Crippen LogP contribution in [0.25, 0.3) is 22.2 Å². The number of rotatable bonds is 2. The standard InChI is InChI=1S/C13H11N3O/c1-16-6-10(9-4-2-3-5-12(9)16)13-11(7-17)14-8-15-13/h2-8H,1H3,(H,14,15). The van der Waals surface area contributed by atoms with Gasteiger partial charge in [0.15, 0.2) is 6.29 Å². The summed E-state index contributed by atoms with van der Waals surface area (Å²) in [5, 5.41) is 1.10. The molecule has 0 radical (unpaired) electrons. The van der Waals surface area contributed by atoms with Gasteiger partial charge in [-0.05, 0) is 6.07 Å². The second-order valence-electron chi connectivity index (χ2n) is 3.95. The van der Waals surface area contributed by atoms with E-state index in [4.69, 9.17) is 0 Å². The van der Waals surface area contributed by atoms with E-state index in [1.165, 1.54) is 0 Å². The Morgan fingerprint density at radius 2 is 2.18 bits per heavy atom. The SMILES string of the molecule is Cn1cc(-c2nc[nH]c2C=O)c2ccccc21.